The third-order valence-corrected chi connectivity index (χ3v) is 6.87. The average Bonchev–Trinajstić information content (AvgIpc) is 3.17. The van der Waals surface area contributed by atoms with Crippen molar-refractivity contribution < 1.29 is 29.5 Å². The van der Waals surface area contributed by atoms with Gasteiger partial charge in [0.1, 0.15) is 12.4 Å². The highest BCUT2D eigenvalue weighted by Crippen LogP contribution is 2.56. The Morgan fingerprint density at radius 2 is 1.56 bits per heavy atom. The van der Waals surface area contributed by atoms with Gasteiger partial charge in [-0.2, -0.15) is 0 Å². The van der Waals surface area contributed by atoms with Crippen LogP contribution in [0.15, 0.2) is 53.5 Å². The normalized spacial score (nSPS) is 14.5. The van der Waals surface area contributed by atoms with Crippen molar-refractivity contribution in [3.8, 4) is 5.88 Å². The van der Waals surface area contributed by atoms with Crippen LogP contribution in [-0.2, 0) is 24.9 Å². The minimum absolute atomic E-state index is 0. The summed E-state index contributed by atoms with van der Waals surface area (Å²) in [6, 6.07) is 14.2. The molecule has 1 aromatic heterocycles. The molecule has 0 saturated carbocycles. The van der Waals surface area contributed by atoms with E-state index >= 15 is 0 Å². The van der Waals surface area contributed by atoms with Crippen molar-refractivity contribution in [2.75, 3.05) is 0 Å². The van der Waals surface area contributed by atoms with Gasteiger partial charge in [0.15, 0.2) is 0 Å². The molecule has 0 amide bonds. The molecule has 0 unspecified atom stereocenters. The average molecular weight is 487 g/mol. The number of nitrogens with zero attached hydrogens (tertiary/aromatic N) is 2. The first kappa shape index (κ1) is 24.4. The van der Waals surface area contributed by atoms with Crippen molar-refractivity contribution in [3.05, 3.63) is 59.7 Å². The molecular formula is C25H31N2O6P. The second kappa shape index (κ2) is 8.47. The molecular weight excluding hydrogens is 455 g/mol. The van der Waals surface area contributed by atoms with E-state index in [4.69, 9.17) is 13.6 Å². The number of fused-ring (bicyclic) bond motifs is 2. The zero-order valence-electron chi connectivity index (χ0n) is 20.2. The number of aromatic nitrogens is 1. The lowest BCUT2D eigenvalue weighted by molar-refractivity contribution is -0.00619. The Morgan fingerprint density at radius 1 is 0.971 bits per heavy atom. The molecule has 34 heavy (non-hydrogen) atoms. The molecule has 8 nitrogen and oxygen atoms in total. The van der Waals surface area contributed by atoms with Gasteiger partial charge < -0.3 is 5.11 Å². The molecule has 1 aliphatic rings. The first-order valence-electron chi connectivity index (χ1n) is 11.0. The molecule has 0 bridgehead atoms. The van der Waals surface area contributed by atoms with Gasteiger partial charge >= 0.3 is 7.82 Å². The van der Waals surface area contributed by atoms with E-state index in [1.165, 1.54) is 4.57 Å². The number of aromatic hydroxyl groups is 1. The van der Waals surface area contributed by atoms with Crippen LogP contribution in [0.3, 0.4) is 0 Å². The fraction of sp³-hybridized carbons (Fsp3) is 0.360. The Balaban J connectivity index is 0.00000342. The quantitative estimate of drug-likeness (QED) is 0.393. The Bertz CT molecular complexity index is 1330. The molecule has 0 radical (unpaired) electrons. The summed E-state index contributed by atoms with van der Waals surface area (Å²) >= 11 is 0. The summed E-state index contributed by atoms with van der Waals surface area (Å²) < 4.78 is 32.0. The SMILES string of the molecule is CC(C)(C)OP(=O)(OCn1c(O)c(C2=Nc3ccccc3C2=O)c2ccccc21)OC(C)(C)C.[HH]. The highest BCUT2D eigenvalue weighted by molar-refractivity contribution is 7.48. The molecule has 2 heterocycles. The minimum atomic E-state index is -4.03. The highest BCUT2D eigenvalue weighted by atomic mass is 31.2. The van der Waals surface area contributed by atoms with Crippen LogP contribution in [0, 0.1) is 0 Å². The molecule has 1 aliphatic heterocycles. The monoisotopic (exact) mass is 486 g/mol. The van der Waals surface area contributed by atoms with Crippen LogP contribution in [0.1, 0.15) is 58.9 Å². The van der Waals surface area contributed by atoms with E-state index in [2.05, 4.69) is 4.99 Å². The summed E-state index contributed by atoms with van der Waals surface area (Å²) in [4.78, 5) is 17.5. The van der Waals surface area contributed by atoms with E-state index in [9.17, 15) is 14.5 Å². The van der Waals surface area contributed by atoms with Crippen molar-refractivity contribution >= 4 is 35.9 Å². The van der Waals surface area contributed by atoms with Crippen LogP contribution in [0.25, 0.3) is 10.9 Å². The summed E-state index contributed by atoms with van der Waals surface area (Å²) in [5.74, 6) is -0.494. The van der Waals surface area contributed by atoms with Crippen LogP contribution < -0.4 is 0 Å². The number of rotatable bonds is 6. The lowest BCUT2D eigenvalue weighted by atomic mass is 10.0. The molecule has 4 rings (SSSR count). The number of phosphoric ester groups is 1. The molecule has 0 spiro atoms. The van der Waals surface area contributed by atoms with E-state index in [1.54, 1.807) is 90.1 Å². The molecule has 0 saturated heterocycles. The predicted octanol–water partition coefficient (Wildman–Crippen LogP) is 6.62. The first-order chi connectivity index (χ1) is 15.8. The molecule has 0 atom stereocenters. The number of ketones is 1. The predicted molar refractivity (Wildman–Crippen MR) is 133 cm³/mol. The molecule has 3 aromatic rings. The van der Waals surface area contributed by atoms with Gasteiger partial charge in [-0.15, -0.1) is 0 Å². The summed E-state index contributed by atoms with van der Waals surface area (Å²) in [5.41, 5.74) is 0.452. The van der Waals surface area contributed by atoms with Crippen LogP contribution >= 0.6 is 7.82 Å². The second-order valence-electron chi connectivity index (χ2n) is 10.1. The van der Waals surface area contributed by atoms with E-state index in [0.717, 1.165) is 0 Å². The van der Waals surface area contributed by atoms with Gasteiger partial charge in [0.2, 0.25) is 11.7 Å². The Morgan fingerprint density at radius 3 is 2.18 bits per heavy atom. The van der Waals surface area contributed by atoms with Crippen molar-refractivity contribution in [2.45, 2.75) is 59.5 Å². The fourth-order valence-corrected chi connectivity index (χ4v) is 5.50. The largest absolute Gasteiger partial charge is 0.494 e. The van der Waals surface area contributed by atoms with Gasteiger partial charge in [-0.25, -0.2) is 9.56 Å². The lowest BCUT2D eigenvalue weighted by Crippen LogP contribution is -2.25. The number of carbonyl (C=O) groups excluding carboxylic acids is 1. The van der Waals surface area contributed by atoms with E-state index in [0.29, 0.717) is 27.7 Å². The number of hydrogen-bond acceptors (Lipinski definition) is 7. The van der Waals surface area contributed by atoms with Gasteiger partial charge in [0.05, 0.1) is 28.0 Å². The number of hydrogen-bond donors (Lipinski definition) is 1. The Labute approximate surface area is 200 Å². The third kappa shape index (κ3) is 4.86. The first-order valence-corrected chi connectivity index (χ1v) is 12.4. The number of phosphoric acid groups is 1. The molecule has 0 aliphatic carbocycles. The van der Waals surface area contributed by atoms with Crippen LogP contribution in [0.2, 0.25) is 0 Å². The standard InChI is InChI=1S/C25H29N2O6P.H2/c1-24(2,3)32-34(30,33-25(4,5)6)31-15-27-19-14-10-8-12-17(19)20(23(27)29)21-22(28)16-11-7-9-13-18(16)26-21;/h7-14,29H,15H2,1-6H3;1H. The second-order valence-corrected chi connectivity index (χ2v) is 11.6. The van der Waals surface area contributed by atoms with Gasteiger partial charge in [0, 0.05) is 12.4 Å². The number of Topliss-reactive ketones (excluding diaryl/α,β-unsaturated/α-hetero) is 1. The maximum atomic E-state index is 13.5. The van der Waals surface area contributed by atoms with E-state index in [1.807, 2.05) is 0 Å². The zero-order chi connectivity index (χ0) is 24.9. The van der Waals surface area contributed by atoms with Crippen molar-refractivity contribution in [2.24, 2.45) is 4.99 Å². The molecule has 2 aromatic carbocycles. The summed E-state index contributed by atoms with van der Waals surface area (Å²) in [6.45, 7) is 10.2. The molecule has 0 fully saturated rings. The van der Waals surface area contributed by atoms with E-state index in [-0.39, 0.29) is 25.5 Å². The third-order valence-electron chi connectivity index (χ3n) is 4.89. The maximum Gasteiger partial charge on any atom is 0.477 e. The van der Waals surface area contributed by atoms with Crippen LogP contribution in [0.5, 0.6) is 5.88 Å². The molecule has 9 heteroatoms. The fourth-order valence-electron chi connectivity index (χ4n) is 3.76. The molecule has 182 valence electrons. The van der Waals surface area contributed by atoms with Crippen LogP contribution in [-0.4, -0.2) is 32.4 Å². The number of carbonyl (C=O) groups is 1. The van der Waals surface area contributed by atoms with Crippen molar-refractivity contribution in [3.63, 3.8) is 0 Å². The van der Waals surface area contributed by atoms with Crippen molar-refractivity contribution in [1.82, 2.24) is 4.57 Å². The van der Waals surface area contributed by atoms with Gasteiger partial charge in [-0.05, 0) is 59.7 Å². The van der Waals surface area contributed by atoms with Gasteiger partial charge in [-0.1, -0.05) is 30.3 Å². The number of para-hydroxylation sites is 2. The molecule has 1 N–H and O–H groups in total. The van der Waals surface area contributed by atoms with Gasteiger partial charge in [0.25, 0.3) is 0 Å². The smallest absolute Gasteiger partial charge is 0.477 e. The zero-order valence-corrected chi connectivity index (χ0v) is 21.1. The van der Waals surface area contributed by atoms with Crippen molar-refractivity contribution in [1.29, 1.82) is 0 Å². The number of benzene rings is 2. The van der Waals surface area contributed by atoms with E-state index < -0.39 is 19.0 Å². The minimum Gasteiger partial charge on any atom is -0.494 e. The summed E-state index contributed by atoms with van der Waals surface area (Å²) in [5, 5.41) is 11.8. The topological polar surface area (TPSA) is 99.4 Å². The Kier molecular flexibility index (Phi) is 6.07. The lowest BCUT2D eigenvalue weighted by Gasteiger charge is -2.31. The van der Waals surface area contributed by atoms with Gasteiger partial charge in [-0.3, -0.25) is 22.9 Å². The summed E-state index contributed by atoms with van der Waals surface area (Å²) in [7, 11) is -4.03. The highest BCUT2D eigenvalue weighted by Gasteiger charge is 2.38. The summed E-state index contributed by atoms with van der Waals surface area (Å²) in [6.07, 6.45) is 0. The van der Waals surface area contributed by atoms with Crippen LogP contribution in [0.4, 0.5) is 5.69 Å². The Hall–Kier alpha value is -2.77. The number of aliphatic imine (C=N–C) groups is 1. The maximum absolute atomic E-state index is 13.5.